The van der Waals surface area contributed by atoms with E-state index in [1.807, 2.05) is 28.8 Å². The molecule has 0 N–H and O–H groups in total. The summed E-state index contributed by atoms with van der Waals surface area (Å²) in [7, 11) is 0. The summed E-state index contributed by atoms with van der Waals surface area (Å²) in [6, 6.07) is 9.50. The molecule has 1 aromatic carbocycles. The van der Waals surface area contributed by atoms with Gasteiger partial charge in [0.05, 0.1) is 16.6 Å². The zero-order valence-corrected chi connectivity index (χ0v) is 17.5. The highest BCUT2D eigenvalue weighted by Crippen LogP contribution is 2.32. The number of aromatic nitrogens is 3. The Balaban J connectivity index is 1.64. The first-order valence-electron chi connectivity index (χ1n) is 9.20. The number of hydrogen-bond donors (Lipinski definition) is 0. The van der Waals surface area contributed by atoms with Crippen LogP contribution in [0.2, 0.25) is 10.0 Å². The number of pyridine rings is 1. The minimum absolute atomic E-state index is 0.193. The first kappa shape index (κ1) is 19.5. The summed E-state index contributed by atoms with van der Waals surface area (Å²) in [5, 5.41) is 1.93. The van der Waals surface area contributed by atoms with Crippen molar-refractivity contribution in [2.45, 2.75) is 43.0 Å². The monoisotopic (exact) mass is 431 g/mol. The van der Waals surface area contributed by atoms with Crippen molar-refractivity contribution in [1.82, 2.24) is 14.5 Å². The lowest BCUT2D eigenvalue weighted by Crippen LogP contribution is -2.30. The van der Waals surface area contributed by atoms with Crippen LogP contribution in [0.15, 0.2) is 52.5 Å². The van der Waals surface area contributed by atoms with E-state index in [1.54, 1.807) is 30.2 Å². The molecule has 0 amide bonds. The number of halogens is 2. The second-order valence-electron chi connectivity index (χ2n) is 6.82. The average Bonchev–Trinajstić information content (AvgIpc) is 2.72. The van der Waals surface area contributed by atoms with Gasteiger partial charge >= 0.3 is 5.69 Å². The molecule has 0 unspecified atom stereocenters. The Bertz CT molecular complexity index is 1050. The Morgan fingerprint density at radius 3 is 2.71 bits per heavy atom. The molecular formula is C21H19Cl2N3OS. The SMILES string of the molecule is O=c1nc(SCc2ccc(Cl)c(Cl)c2)c2c(n1Cc1cccnc1)CCCC2. The molecule has 7 heteroatoms. The molecule has 0 saturated heterocycles. The van der Waals surface area contributed by atoms with E-state index in [0.717, 1.165) is 47.5 Å². The number of rotatable bonds is 5. The molecule has 0 saturated carbocycles. The van der Waals surface area contributed by atoms with Crippen LogP contribution < -0.4 is 5.69 Å². The van der Waals surface area contributed by atoms with Crippen molar-refractivity contribution < 1.29 is 0 Å². The lowest BCUT2D eigenvalue weighted by molar-refractivity contribution is 0.569. The van der Waals surface area contributed by atoms with Crippen molar-refractivity contribution in [3.63, 3.8) is 0 Å². The molecule has 4 rings (SSSR count). The molecule has 1 aliphatic carbocycles. The van der Waals surface area contributed by atoms with Gasteiger partial charge in [-0.1, -0.05) is 35.3 Å². The minimum Gasteiger partial charge on any atom is -0.291 e. The van der Waals surface area contributed by atoms with E-state index in [4.69, 9.17) is 23.2 Å². The fourth-order valence-electron chi connectivity index (χ4n) is 3.49. The van der Waals surface area contributed by atoms with Crippen LogP contribution in [-0.4, -0.2) is 14.5 Å². The van der Waals surface area contributed by atoms with Crippen molar-refractivity contribution in [3.05, 3.63) is 85.6 Å². The smallest absolute Gasteiger partial charge is 0.291 e. The Labute approximate surface area is 177 Å². The van der Waals surface area contributed by atoms with Crippen LogP contribution in [0, 0.1) is 0 Å². The first-order chi connectivity index (χ1) is 13.6. The van der Waals surface area contributed by atoms with E-state index in [-0.39, 0.29) is 5.69 Å². The summed E-state index contributed by atoms with van der Waals surface area (Å²) in [5.41, 5.74) is 4.20. The molecule has 0 radical (unpaired) electrons. The fourth-order valence-corrected chi connectivity index (χ4v) is 4.83. The topological polar surface area (TPSA) is 47.8 Å². The number of hydrogen-bond acceptors (Lipinski definition) is 4. The van der Waals surface area contributed by atoms with Crippen molar-refractivity contribution in [1.29, 1.82) is 0 Å². The lowest BCUT2D eigenvalue weighted by Gasteiger charge is -2.22. The Morgan fingerprint density at radius 2 is 1.93 bits per heavy atom. The maximum atomic E-state index is 12.8. The molecule has 0 fully saturated rings. The molecule has 0 spiro atoms. The summed E-state index contributed by atoms with van der Waals surface area (Å²) < 4.78 is 1.81. The van der Waals surface area contributed by atoms with E-state index in [1.165, 1.54) is 5.56 Å². The summed E-state index contributed by atoms with van der Waals surface area (Å²) in [4.78, 5) is 21.4. The highest BCUT2D eigenvalue weighted by Gasteiger charge is 2.20. The van der Waals surface area contributed by atoms with Gasteiger partial charge in [0.25, 0.3) is 0 Å². The Morgan fingerprint density at radius 1 is 1.07 bits per heavy atom. The minimum atomic E-state index is -0.193. The van der Waals surface area contributed by atoms with Crippen LogP contribution in [0.1, 0.15) is 35.2 Å². The van der Waals surface area contributed by atoms with Crippen LogP contribution in [0.4, 0.5) is 0 Å². The third-order valence-corrected chi connectivity index (χ3v) is 6.70. The van der Waals surface area contributed by atoms with E-state index in [2.05, 4.69) is 9.97 Å². The summed E-state index contributed by atoms with van der Waals surface area (Å²) in [6.07, 6.45) is 7.63. The van der Waals surface area contributed by atoms with Crippen LogP contribution in [0.3, 0.4) is 0 Å². The first-order valence-corrected chi connectivity index (χ1v) is 10.9. The van der Waals surface area contributed by atoms with Crippen LogP contribution in [0.25, 0.3) is 0 Å². The average molecular weight is 432 g/mol. The maximum absolute atomic E-state index is 12.8. The second-order valence-corrected chi connectivity index (χ2v) is 8.59. The molecule has 1 aliphatic rings. The molecule has 0 aliphatic heterocycles. The predicted octanol–water partition coefficient (Wildman–Crippen LogP) is 5.16. The van der Waals surface area contributed by atoms with Gasteiger partial charge in [0, 0.05) is 29.4 Å². The zero-order chi connectivity index (χ0) is 19.5. The number of thioether (sulfide) groups is 1. The Hall–Kier alpha value is -1.82. The zero-order valence-electron chi connectivity index (χ0n) is 15.2. The van der Waals surface area contributed by atoms with E-state index in [0.29, 0.717) is 22.3 Å². The van der Waals surface area contributed by atoms with Gasteiger partial charge in [-0.25, -0.2) is 4.79 Å². The van der Waals surface area contributed by atoms with Gasteiger partial charge in [0.2, 0.25) is 0 Å². The van der Waals surface area contributed by atoms with Gasteiger partial charge in [-0.05, 0) is 55.0 Å². The standard InChI is InChI=1S/C21H19Cl2N3OS/c22-17-8-7-14(10-18(17)23)13-28-20-16-5-1-2-6-19(16)26(21(27)25-20)12-15-4-3-9-24-11-15/h3-4,7-11H,1-2,5-6,12-13H2. The maximum Gasteiger partial charge on any atom is 0.349 e. The van der Waals surface area contributed by atoms with Gasteiger partial charge in [0.15, 0.2) is 0 Å². The highest BCUT2D eigenvalue weighted by molar-refractivity contribution is 7.98. The normalized spacial score (nSPS) is 13.4. The summed E-state index contributed by atoms with van der Waals surface area (Å²) in [6.45, 7) is 0.514. The van der Waals surface area contributed by atoms with E-state index in [9.17, 15) is 4.79 Å². The molecule has 0 bridgehead atoms. The fraction of sp³-hybridized carbons (Fsp3) is 0.286. The lowest BCUT2D eigenvalue weighted by atomic mass is 9.97. The summed E-state index contributed by atoms with van der Waals surface area (Å²) in [5.74, 6) is 0.697. The molecule has 144 valence electrons. The van der Waals surface area contributed by atoms with Crippen molar-refractivity contribution in [2.75, 3.05) is 0 Å². The molecule has 2 aromatic heterocycles. The van der Waals surface area contributed by atoms with Gasteiger partial charge in [-0.15, -0.1) is 11.8 Å². The van der Waals surface area contributed by atoms with Gasteiger partial charge in [-0.3, -0.25) is 9.55 Å². The van der Waals surface area contributed by atoms with Crippen molar-refractivity contribution in [2.24, 2.45) is 0 Å². The van der Waals surface area contributed by atoms with Gasteiger partial charge < -0.3 is 0 Å². The molecule has 2 heterocycles. The predicted molar refractivity (Wildman–Crippen MR) is 115 cm³/mol. The quantitative estimate of drug-likeness (QED) is 0.413. The molecule has 0 atom stereocenters. The van der Waals surface area contributed by atoms with Crippen LogP contribution in [-0.2, 0) is 25.1 Å². The number of benzene rings is 1. The van der Waals surface area contributed by atoms with Gasteiger partial charge in [0.1, 0.15) is 5.03 Å². The van der Waals surface area contributed by atoms with Crippen LogP contribution in [0.5, 0.6) is 0 Å². The number of nitrogens with zero attached hydrogens (tertiary/aromatic N) is 3. The van der Waals surface area contributed by atoms with E-state index >= 15 is 0 Å². The highest BCUT2D eigenvalue weighted by atomic mass is 35.5. The number of fused-ring (bicyclic) bond motifs is 1. The Kier molecular flexibility index (Phi) is 6.04. The molecule has 3 aromatic rings. The summed E-state index contributed by atoms with van der Waals surface area (Å²) >= 11 is 13.7. The van der Waals surface area contributed by atoms with Gasteiger partial charge in [-0.2, -0.15) is 4.98 Å². The van der Waals surface area contributed by atoms with Crippen molar-refractivity contribution >= 4 is 35.0 Å². The van der Waals surface area contributed by atoms with E-state index < -0.39 is 0 Å². The van der Waals surface area contributed by atoms with Crippen molar-refractivity contribution in [3.8, 4) is 0 Å². The third kappa shape index (κ3) is 4.27. The molecule has 28 heavy (non-hydrogen) atoms. The third-order valence-electron chi connectivity index (χ3n) is 4.87. The molecular weight excluding hydrogens is 413 g/mol. The van der Waals surface area contributed by atoms with Crippen LogP contribution >= 0.6 is 35.0 Å². The second kappa shape index (κ2) is 8.68. The molecule has 4 nitrogen and oxygen atoms in total. The largest absolute Gasteiger partial charge is 0.349 e.